The van der Waals surface area contributed by atoms with Gasteiger partial charge in [-0.2, -0.15) is 5.10 Å². The van der Waals surface area contributed by atoms with Crippen molar-refractivity contribution in [3.63, 3.8) is 0 Å². The number of amides is 1. The van der Waals surface area contributed by atoms with Gasteiger partial charge in [0, 0.05) is 49.1 Å². The molecule has 0 saturated carbocycles. The number of halogens is 1. The summed E-state index contributed by atoms with van der Waals surface area (Å²) < 4.78 is 3.33. The summed E-state index contributed by atoms with van der Waals surface area (Å²) in [7, 11) is 0. The molecule has 1 fully saturated rings. The van der Waals surface area contributed by atoms with Gasteiger partial charge < -0.3 is 9.80 Å². The Bertz CT molecular complexity index is 1440. The molecule has 1 saturated heterocycles. The highest BCUT2D eigenvalue weighted by Gasteiger charge is 2.31. The number of aromatic nitrogens is 4. The highest BCUT2D eigenvalue weighted by Crippen LogP contribution is 2.34. The Kier molecular flexibility index (Phi) is 5.74. The minimum Gasteiger partial charge on any atom is -0.368 e. The topological polar surface area (TPSA) is 76.3 Å². The molecule has 1 atom stereocenters. The number of thioether (sulfide) groups is 1. The molecular weight excluding hydrogens is 484 g/mol. The smallest absolute Gasteiger partial charge is 0.265 e. The lowest BCUT2D eigenvalue weighted by molar-refractivity contribution is -0.132. The predicted molar refractivity (Wildman–Crippen MR) is 138 cm³/mol. The first-order valence-electron chi connectivity index (χ1n) is 11.6. The second kappa shape index (κ2) is 9.05. The van der Waals surface area contributed by atoms with Crippen LogP contribution in [-0.4, -0.2) is 62.1 Å². The third-order valence-corrected chi connectivity index (χ3v) is 7.96. The number of para-hydroxylation sites is 1. The fraction of sp³-hybridized carbons (Fsp3) is 0.280. The number of piperazine rings is 1. The molecule has 4 aromatic rings. The first kappa shape index (κ1) is 22.2. The molecule has 0 spiro atoms. The molecule has 0 bridgehead atoms. The summed E-state index contributed by atoms with van der Waals surface area (Å²) in [5, 5.41) is 6.10. The third kappa shape index (κ3) is 4.08. The average molecular weight is 507 g/mol. The van der Waals surface area contributed by atoms with Gasteiger partial charge in [0.2, 0.25) is 5.91 Å². The Balaban J connectivity index is 1.20. The molecule has 0 N–H and O–H groups in total. The highest BCUT2D eigenvalue weighted by atomic mass is 35.5. The molecule has 2 aliphatic rings. The third-order valence-electron chi connectivity index (χ3n) is 6.61. The Labute approximate surface area is 211 Å². The molecule has 1 unspecified atom stereocenters. The fourth-order valence-electron chi connectivity index (χ4n) is 4.74. The number of hydrogen-bond donors (Lipinski definition) is 0. The first-order valence-corrected chi connectivity index (χ1v) is 12.9. The van der Waals surface area contributed by atoms with Crippen LogP contribution in [0.15, 0.2) is 70.7 Å². The van der Waals surface area contributed by atoms with Crippen LogP contribution >= 0.6 is 23.4 Å². The minimum atomic E-state index is -0.210. The lowest BCUT2D eigenvalue weighted by atomic mass is 10.1. The second-order valence-corrected chi connectivity index (χ2v) is 10.1. The van der Waals surface area contributed by atoms with Crippen molar-refractivity contribution in [1.29, 1.82) is 0 Å². The zero-order valence-electron chi connectivity index (χ0n) is 18.9. The summed E-state index contributed by atoms with van der Waals surface area (Å²) >= 11 is 7.52. The summed E-state index contributed by atoms with van der Waals surface area (Å²) in [6.45, 7) is 2.97. The van der Waals surface area contributed by atoms with Crippen LogP contribution in [0.5, 0.6) is 0 Å². The van der Waals surface area contributed by atoms with Crippen molar-refractivity contribution in [2.24, 2.45) is 0 Å². The van der Waals surface area contributed by atoms with Crippen molar-refractivity contribution in [2.75, 3.05) is 36.8 Å². The zero-order chi connectivity index (χ0) is 23.9. The second-order valence-electron chi connectivity index (χ2n) is 8.71. The molecular formula is C25H23ClN6O2S. The Hall–Kier alpha value is -3.30. The quantitative estimate of drug-likeness (QED) is 0.393. The molecule has 2 aliphatic heterocycles. The van der Waals surface area contributed by atoms with E-state index in [0.29, 0.717) is 46.5 Å². The van der Waals surface area contributed by atoms with Crippen molar-refractivity contribution in [3.05, 3.63) is 76.2 Å². The van der Waals surface area contributed by atoms with E-state index in [1.54, 1.807) is 27.6 Å². The normalized spacial score (nSPS) is 17.7. The van der Waals surface area contributed by atoms with Crippen molar-refractivity contribution >= 4 is 46.0 Å². The average Bonchev–Trinajstić information content (AvgIpc) is 3.50. The van der Waals surface area contributed by atoms with Crippen LogP contribution < -0.4 is 10.5 Å². The van der Waals surface area contributed by atoms with Crippen LogP contribution in [0, 0.1) is 0 Å². The Morgan fingerprint density at radius 3 is 2.49 bits per heavy atom. The lowest BCUT2D eigenvalue weighted by Crippen LogP contribution is -2.49. The SMILES string of the molecule is O=C(CC1CSc2nc3c(cnn3-c3ccc(Cl)cc3)c(=O)n21)N1CCN(c2ccccc2)CC1. The maximum atomic E-state index is 13.4. The van der Waals surface area contributed by atoms with Crippen molar-refractivity contribution in [3.8, 4) is 5.69 Å². The van der Waals surface area contributed by atoms with Crippen LogP contribution in [0.3, 0.4) is 0 Å². The van der Waals surface area contributed by atoms with Gasteiger partial charge in [-0.15, -0.1) is 0 Å². The fourth-order valence-corrected chi connectivity index (χ4v) is 5.99. The number of anilines is 1. The van der Waals surface area contributed by atoms with Crippen LogP contribution in [-0.2, 0) is 4.79 Å². The summed E-state index contributed by atoms with van der Waals surface area (Å²) in [5.74, 6) is 0.735. The maximum absolute atomic E-state index is 13.4. The number of benzene rings is 2. The van der Waals surface area contributed by atoms with Gasteiger partial charge in [0.1, 0.15) is 5.39 Å². The van der Waals surface area contributed by atoms with E-state index >= 15 is 0 Å². The molecule has 178 valence electrons. The van der Waals surface area contributed by atoms with E-state index in [1.165, 1.54) is 17.4 Å². The van der Waals surface area contributed by atoms with E-state index in [2.05, 4.69) is 22.1 Å². The Morgan fingerprint density at radius 2 is 1.74 bits per heavy atom. The maximum Gasteiger partial charge on any atom is 0.265 e. The van der Waals surface area contributed by atoms with Gasteiger partial charge in [-0.25, -0.2) is 9.67 Å². The molecule has 2 aromatic heterocycles. The number of carbonyl (C=O) groups excluding carboxylic acids is 1. The molecule has 0 radical (unpaired) electrons. The molecule has 4 heterocycles. The van der Waals surface area contributed by atoms with Crippen LogP contribution in [0.25, 0.3) is 16.7 Å². The molecule has 6 rings (SSSR count). The number of nitrogens with zero attached hydrogens (tertiary/aromatic N) is 6. The molecule has 2 aromatic carbocycles. The molecule has 8 nitrogen and oxygen atoms in total. The van der Waals surface area contributed by atoms with Gasteiger partial charge in [-0.05, 0) is 36.4 Å². The van der Waals surface area contributed by atoms with Gasteiger partial charge >= 0.3 is 0 Å². The predicted octanol–water partition coefficient (Wildman–Crippen LogP) is 3.62. The largest absolute Gasteiger partial charge is 0.368 e. The van der Waals surface area contributed by atoms with Gasteiger partial charge in [0.25, 0.3) is 5.56 Å². The molecule has 10 heteroatoms. The molecule has 0 aliphatic carbocycles. The van der Waals surface area contributed by atoms with Crippen LogP contribution in [0.2, 0.25) is 5.02 Å². The van der Waals surface area contributed by atoms with Gasteiger partial charge in [0.05, 0.1) is 17.9 Å². The van der Waals surface area contributed by atoms with E-state index in [4.69, 9.17) is 16.6 Å². The number of rotatable bonds is 4. The summed E-state index contributed by atoms with van der Waals surface area (Å²) in [5.41, 5.74) is 2.33. The number of fused-ring (bicyclic) bond motifs is 2. The van der Waals surface area contributed by atoms with Crippen LogP contribution in [0.1, 0.15) is 12.5 Å². The van der Waals surface area contributed by atoms with Gasteiger partial charge in [0.15, 0.2) is 10.8 Å². The van der Waals surface area contributed by atoms with Crippen molar-refractivity contribution in [2.45, 2.75) is 17.6 Å². The van der Waals surface area contributed by atoms with Crippen molar-refractivity contribution in [1.82, 2.24) is 24.2 Å². The number of hydrogen-bond acceptors (Lipinski definition) is 6. The van der Waals surface area contributed by atoms with Gasteiger partial charge in [-0.3, -0.25) is 14.2 Å². The Morgan fingerprint density at radius 1 is 1.00 bits per heavy atom. The molecule has 35 heavy (non-hydrogen) atoms. The zero-order valence-corrected chi connectivity index (χ0v) is 20.5. The van der Waals surface area contributed by atoms with Crippen molar-refractivity contribution < 1.29 is 4.79 Å². The monoisotopic (exact) mass is 506 g/mol. The summed E-state index contributed by atoms with van der Waals surface area (Å²) in [4.78, 5) is 35.5. The van der Waals surface area contributed by atoms with E-state index < -0.39 is 0 Å². The van der Waals surface area contributed by atoms with Crippen LogP contribution in [0.4, 0.5) is 5.69 Å². The summed E-state index contributed by atoms with van der Waals surface area (Å²) in [6, 6.07) is 17.3. The van der Waals surface area contributed by atoms with Gasteiger partial charge in [-0.1, -0.05) is 41.6 Å². The van der Waals surface area contributed by atoms with E-state index in [9.17, 15) is 9.59 Å². The standard InChI is InChI=1S/C25H23ClN6O2S/c26-17-6-8-19(9-7-17)32-23-21(15-27-32)24(34)31-20(16-35-25(31)28-23)14-22(33)30-12-10-29(11-13-30)18-4-2-1-3-5-18/h1-9,15,20H,10-14,16H2. The minimum absolute atomic E-state index is 0.0834. The van der Waals surface area contributed by atoms with E-state index in [-0.39, 0.29) is 17.5 Å². The first-order chi connectivity index (χ1) is 17.1. The lowest BCUT2D eigenvalue weighted by Gasteiger charge is -2.36. The molecule has 1 amide bonds. The highest BCUT2D eigenvalue weighted by molar-refractivity contribution is 7.99. The number of carbonyl (C=O) groups is 1. The van der Waals surface area contributed by atoms with E-state index in [0.717, 1.165) is 18.8 Å². The van der Waals surface area contributed by atoms with E-state index in [1.807, 2.05) is 35.2 Å². The summed E-state index contributed by atoms with van der Waals surface area (Å²) in [6.07, 6.45) is 1.85.